The van der Waals surface area contributed by atoms with Crippen LogP contribution in [0.2, 0.25) is 0 Å². The predicted octanol–water partition coefficient (Wildman–Crippen LogP) is 1.68. The van der Waals surface area contributed by atoms with E-state index < -0.39 is 5.60 Å². The van der Waals surface area contributed by atoms with E-state index in [1.165, 1.54) is 0 Å². The summed E-state index contributed by atoms with van der Waals surface area (Å²) in [6, 6.07) is 7.64. The van der Waals surface area contributed by atoms with E-state index in [-0.39, 0.29) is 5.89 Å². The van der Waals surface area contributed by atoms with Gasteiger partial charge in [-0.1, -0.05) is 33.2 Å². The number of aromatic nitrogens is 2. The van der Waals surface area contributed by atoms with Crippen molar-refractivity contribution < 1.29 is 9.63 Å². The van der Waals surface area contributed by atoms with E-state index in [2.05, 4.69) is 31.4 Å². The van der Waals surface area contributed by atoms with Crippen LogP contribution >= 0.6 is 15.9 Å². The van der Waals surface area contributed by atoms with Gasteiger partial charge in [-0.05, 0) is 25.1 Å². The van der Waals surface area contributed by atoms with Crippen LogP contribution in [-0.4, -0.2) is 28.3 Å². The smallest absolute Gasteiger partial charge is 0.260 e. The van der Waals surface area contributed by atoms with E-state index in [0.29, 0.717) is 18.8 Å². The summed E-state index contributed by atoms with van der Waals surface area (Å²) in [5, 5.41) is 17.3. The van der Waals surface area contributed by atoms with Crippen molar-refractivity contribution in [3.63, 3.8) is 0 Å². The lowest BCUT2D eigenvalue weighted by molar-refractivity contribution is 0.0243. The van der Waals surface area contributed by atoms with Gasteiger partial charge in [0, 0.05) is 16.6 Å². The minimum atomic E-state index is -1.04. The average molecular weight is 310 g/mol. The Hall–Kier alpha value is -1.24. The minimum absolute atomic E-state index is 0.276. The first-order valence-corrected chi connectivity index (χ1v) is 6.50. The molecule has 0 aliphatic carbocycles. The third-order valence-electron chi connectivity index (χ3n) is 3.07. The molecule has 1 fully saturated rings. The number of rotatable bonds is 2. The van der Waals surface area contributed by atoms with Gasteiger partial charge in [0.15, 0.2) is 5.60 Å². The molecule has 1 aromatic heterocycles. The van der Waals surface area contributed by atoms with Crippen LogP contribution in [0.5, 0.6) is 0 Å². The van der Waals surface area contributed by atoms with E-state index >= 15 is 0 Å². The molecule has 5 nitrogen and oxygen atoms in total. The summed E-state index contributed by atoms with van der Waals surface area (Å²) in [4.78, 5) is 4.30. The highest BCUT2D eigenvalue weighted by Crippen LogP contribution is 2.30. The summed E-state index contributed by atoms with van der Waals surface area (Å²) in [6.45, 7) is 1.20. The number of halogens is 1. The number of nitrogens with one attached hydrogen (secondary N) is 1. The van der Waals surface area contributed by atoms with Gasteiger partial charge in [-0.3, -0.25) is 0 Å². The fourth-order valence-corrected chi connectivity index (χ4v) is 2.49. The van der Waals surface area contributed by atoms with Crippen LogP contribution in [0.1, 0.15) is 12.3 Å². The van der Waals surface area contributed by atoms with Gasteiger partial charge in [0.25, 0.3) is 5.89 Å². The molecule has 0 saturated carbocycles. The molecule has 3 rings (SSSR count). The first kappa shape index (κ1) is 11.8. The Labute approximate surface area is 112 Å². The molecule has 0 bridgehead atoms. The molecule has 1 aliphatic heterocycles. The zero-order chi connectivity index (χ0) is 12.6. The van der Waals surface area contributed by atoms with Crippen LogP contribution in [0.25, 0.3) is 11.4 Å². The first-order chi connectivity index (χ1) is 8.69. The fraction of sp³-hybridized carbons (Fsp3) is 0.333. The molecule has 1 atom stereocenters. The number of hydrogen-bond acceptors (Lipinski definition) is 5. The second-order valence-electron chi connectivity index (χ2n) is 4.36. The van der Waals surface area contributed by atoms with Crippen molar-refractivity contribution in [1.29, 1.82) is 0 Å². The SMILES string of the molecule is OC1(c2nc(-c3ccccc3Br)no2)CCNC1. The second-order valence-corrected chi connectivity index (χ2v) is 5.22. The van der Waals surface area contributed by atoms with Crippen molar-refractivity contribution in [3.05, 3.63) is 34.6 Å². The average Bonchev–Trinajstić information content (AvgIpc) is 2.99. The lowest BCUT2D eigenvalue weighted by Gasteiger charge is -2.14. The molecule has 2 aromatic rings. The van der Waals surface area contributed by atoms with Gasteiger partial charge in [-0.25, -0.2) is 0 Å². The molecule has 1 aromatic carbocycles. The largest absolute Gasteiger partial charge is 0.379 e. The van der Waals surface area contributed by atoms with Gasteiger partial charge < -0.3 is 14.9 Å². The molecular formula is C12H12BrN3O2. The highest BCUT2D eigenvalue weighted by molar-refractivity contribution is 9.10. The molecule has 0 spiro atoms. The molecule has 18 heavy (non-hydrogen) atoms. The van der Waals surface area contributed by atoms with Crippen LogP contribution in [-0.2, 0) is 5.60 Å². The predicted molar refractivity (Wildman–Crippen MR) is 68.8 cm³/mol. The second kappa shape index (κ2) is 4.46. The van der Waals surface area contributed by atoms with Gasteiger partial charge >= 0.3 is 0 Å². The van der Waals surface area contributed by atoms with Crippen LogP contribution < -0.4 is 5.32 Å². The molecule has 94 valence electrons. The molecule has 1 saturated heterocycles. The maximum Gasteiger partial charge on any atom is 0.260 e. The molecule has 1 aliphatic rings. The summed E-state index contributed by atoms with van der Waals surface area (Å²) < 4.78 is 6.09. The van der Waals surface area contributed by atoms with Gasteiger partial charge in [-0.15, -0.1) is 0 Å². The summed E-state index contributed by atoms with van der Waals surface area (Å²) in [6.07, 6.45) is 0.588. The van der Waals surface area contributed by atoms with Crippen molar-refractivity contribution in [1.82, 2.24) is 15.5 Å². The minimum Gasteiger partial charge on any atom is -0.379 e. The maximum absolute atomic E-state index is 10.3. The lowest BCUT2D eigenvalue weighted by atomic mass is 10.0. The van der Waals surface area contributed by atoms with Gasteiger partial charge in [0.2, 0.25) is 5.82 Å². The summed E-state index contributed by atoms with van der Waals surface area (Å²) in [7, 11) is 0. The number of benzene rings is 1. The van der Waals surface area contributed by atoms with E-state index in [9.17, 15) is 5.11 Å². The van der Waals surface area contributed by atoms with E-state index in [4.69, 9.17) is 4.52 Å². The van der Waals surface area contributed by atoms with E-state index in [1.807, 2.05) is 24.3 Å². The molecule has 0 amide bonds. The molecular weight excluding hydrogens is 298 g/mol. The van der Waals surface area contributed by atoms with Gasteiger partial charge in [0.1, 0.15) is 0 Å². The lowest BCUT2D eigenvalue weighted by Crippen LogP contribution is -2.28. The van der Waals surface area contributed by atoms with Gasteiger partial charge in [-0.2, -0.15) is 4.98 Å². The van der Waals surface area contributed by atoms with E-state index in [0.717, 1.165) is 16.6 Å². The van der Waals surface area contributed by atoms with Crippen LogP contribution in [0.15, 0.2) is 33.3 Å². The summed E-state index contributed by atoms with van der Waals surface area (Å²) in [5.41, 5.74) is -0.186. The number of nitrogens with zero attached hydrogens (tertiary/aromatic N) is 2. The maximum atomic E-state index is 10.3. The number of β-amino-alcohol motifs (C(OH)–C–C–N with tert-alkyl or cyclic N) is 1. The Kier molecular flexibility index (Phi) is 2.93. The van der Waals surface area contributed by atoms with Crippen LogP contribution in [0.3, 0.4) is 0 Å². The third kappa shape index (κ3) is 1.96. The zero-order valence-electron chi connectivity index (χ0n) is 9.56. The highest BCUT2D eigenvalue weighted by Gasteiger charge is 2.38. The van der Waals surface area contributed by atoms with Gasteiger partial charge in [0.05, 0.1) is 0 Å². The van der Waals surface area contributed by atoms with Crippen molar-refractivity contribution in [2.75, 3.05) is 13.1 Å². The first-order valence-electron chi connectivity index (χ1n) is 5.71. The van der Waals surface area contributed by atoms with Crippen LogP contribution in [0, 0.1) is 0 Å². The zero-order valence-corrected chi connectivity index (χ0v) is 11.1. The number of hydrogen-bond donors (Lipinski definition) is 2. The molecule has 6 heteroatoms. The summed E-state index contributed by atoms with van der Waals surface area (Å²) >= 11 is 3.44. The fourth-order valence-electron chi connectivity index (χ4n) is 2.03. The van der Waals surface area contributed by atoms with Crippen molar-refractivity contribution in [2.45, 2.75) is 12.0 Å². The quantitative estimate of drug-likeness (QED) is 0.883. The monoisotopic (exact) mass is 309 g/mol. The Morgan fingerprint density at radius 2 is 2.22 bits per heavy atom. The number of aliphatic hydroxyl groups is 1. The molecule has 2 heterocycles. The highest BCUT2D eigenvalue weighted by atomic mass is 79.9. The summed E-state index contributed by atoms with van der Waals surface area (Å²) in [5.74, 6) is 0.760. The third-order valence-corrected chi connectivity index (χ3v) is 3.76. The van der Waals surface area contributed by atoms with Crippen molar-refractivity contribution >= 4 is 15.9 Å². The topological polar surface area (TPSA) is 71.2 Å². The molecule has 0 radical (unpaired) electrons. The Balaban J connectivity index is 1.97. The Bertz CT molecular complexity index is 564. The standard InChI is InChI=1S/C12H12BrN3O2/c13-9-4-2-1-3-8(9)10-15-11(18-16-10)12(17)5-6-14-7-12/h1-4,14,17H,5-7H2. The van der Waals surface area contributed by atoms with Crippen molar-refractivity contribution in [3.8, 4) is 11.4 Å². The normalized spacial score (nSPS) is 23.4. The van der Waals surface area contributed by atoms with Crippen LogP contribution in [0.4, 0.5) is 0 Å². The Morgan fingerprint density at radius 1 is 1.39 bits per heavy atom. The Morgan fingerprint density at radius 3 is 2.94 bits per heavy atom. The van der Waals surface area contributed by atoms with Crippen molar-refractivity contribution in [2.24, 2.45) is 0 Å². The molecule has 2 N–H and O–H groups in total. The molecule has 1 unspecified atom stereocenters. The van der Waals surface area contributed by atoms with E-state index in [1.54, 1.807) is 0 Å².